The molecule has 3 heteroatoms. The van der Waals surface area contributed by atoms with Crippen LogP contribution in [0, 0.1) is 5.92 Å². The minimum atomic E-state index is -0.607. The average Bonchev–Trinajstić information content (AvgIpc) is 2.40. The third-order valence-electron chi connectivity index (χ3n) is 3.23. The summed E-state index contributed by atoms with van der Waals surface area (Å²) in [6, 6.07) is 0. The van der Waals surface area contributed by atoms with E-state index in [1.54, 1.807) is 0 Å². The number of rotatable bonds is 3. The Morgan fingerprint density at radius 3 is 2.83 bits per heavy atom. The van der Waals surface area contributed by atoms with Crippen LogP contribution < -0.4 is 0 Å². The van der Waals surface area contributed by atoms with Crippen molar-refractivity contribution in [3.63, 3.8) is 0 Å². The standard InChI is InChI=1S/C9H15NO2/c1-2-3-10-6-7-4-9(10,5-7)8(11)12/h7H,2-6H2,1H3,(H,11,12). The largest absolute Gasteiger partial charge is 0.480 e. The smallest absolute Gasteiger partial charge is 0.324 e. The highest BCUT2D eigenvalue weighted by Gasteiger charge is 2.60. The topological polar surface area (TPSA) is 40.5 Å². The minimum Gasteiger partial charge on any atom is -0.480 e. The quantitative estimate of drug-likeness (QED) is 0.683. The van der Waals surface area contributed by atoms with Gasteiger partial charge in [-0.25, -0.2) is 0 Å². The molecular weight excluding hydrogens is 154 g/mol. The first-order valence-electron chi connectivity index (χ1n) is 4.67. The SMILES string of the molecule is CCCN1CC2CC1(C(=O)O)C2. The fraction of sp³-hybridized carbons (Fsp3) is 0.889. The van der Waals surface area contributed by atoms with Crippen LogP contribution in [0.3, 0.4) is 0 Å². The van der Waals surface area contributed by atoms with Gasteiger partial charge in [-0.05, 0) is 31.7 Å². The maximum atomic E-state index is 11.0. The summed E-state index contributed by atoms with van der Waals surface area (Å²) in [6.07, 6.45) is 2.84. The van der Waals surface area contributed by atoms with Gasteiger partial charge in [0.25, 0.3) is 0 Å². The van der Waals surface area contributed by atoms with Crippen molar-refractivity contribution in [1.82, 2.24) is 4.90 Å². The van der Waals surface area contributed by atoms with Crippen LogP contribution in [0.4, 0.5) is 0 Å². The molecule has 12 heavy (non-hydrogen) atoms. The molecule has 1 N–H and O–H groups in total. The molecule has 0 atom stereocenters. The number of carboxylic acids is 1. The predicted octanol–water partition coefficient (Wildman–Crippen LogP) is 0.945. The van der Waals surface area contributed by atoms with E-state index < -0.39 is 11.5 Å². The second-order valence-corrected chi connectivity index (χ2v) is 4.06. The van der Waals surface area contributed by atoms with Gasteiger partial charge in [0.1, 0.15) is 5.54 Å². The van der Waals surface area contributed by atoms with Gasteiger partial charge in [0.05, 0.1) is 0 Å². The molecule has 0 unspecified atom stereocenters. The van der Waals surface area contributed by atoms with E-state index in [1.807, 2.05) is 0 Å². The van der Waals surface area contributed by atoms with Crippen LogP contribution in [0.5, 0.6) is 0 Å². The van der Waals surface area contributed by atoms with E-state index in [0.29, 0.717) is 5.92 Å². The average molecular weight is 169 g/mol. The molecule has 0 radical (unpaired) electrons. The molecule has 0 aromatic heterocycles. The van der Waals surface area contributed by atoms with Gasteiger partial charge < -0.3 is 5.11 Å². The molecule has 1 aliphatic carbocycles. The van der Waals surface area contributed by atoms with Gasteiger partial charge in [-0.15, -0.1) is 0 Å². The van der Waals surface area contributed by atoms with Crippen molar-refractivity contribution < 1.29 is 9.90 Å². The number of carbonyl (C=O) groups is 1. The van der Waals surface area contributed by atoms with Gasteiger partial charge in [-0.1, -0.05) is 6.92 Å². The Morgan fingerprint density at radius 1 is 1.67 bits per heavy atom. The fourth-order valence-corrected chi connectivity index (χ4v) is 2.65. The highest BCUT2D eigenvalue weighted by molar-refractivity contribution is 5.81. The van der Waals surface area contributed by atoms with Gasteiger partial charge in [0, 0.05) is 6.54 Å². The maximum absolute atomic E-state index is 11.0. The minimum absolute atomic E-state index is 0.444. The molecule has 3 aliphatic rings. The van der Waals surface area contributed by atoms with Crippen molar-refractivity contribution in [2.24, 2.45) is 5.92 Å². The van der Waals surface area contributed by atoms with E-state index in [1.165, 1.54) is 0 Å². The van der Waals surface area contributed by atoms with Crippen LogP contribution in [0.1, 0.15) is 26.2 Å². The molecule has 0 aromatic carbocycles. The lowest BCUT2D eigenvalue weighted by Gasteiger charge is -2.37. The van der Waals surface area contributed by atoms with E-state index in [0.717, 1.165) is 32.4 Å². The zero-order chi connectivity index (χ0) is 8.77. The van der Waals surface area contributed by atoms with E-state index in [4.69, 9.17) is 5.11 Å². The Hall–Kier alpha value is -0.570. The summed E-state index contributed by atoms with van der Waals surface area (Å²) < 4.78 is 0. The molecule has 1 saturated carbocycles. The number of aliphatic carboxylic acids is 1. The first-order valence-corrected chi connectivity index (χ1v) is 4.67. The molecule has 2 aliphatic heterocycles. The summed E-state index contributed by atoms with van der Waals surface area (Å²) >= 11 is 0. The van der Waals surface area contributed by atoms with Crippen LogP contribution in [-0.4, -0.2) is 34.6 Å². The number of fused-ring (bicyclic) bond motifs is 1. The van der Waals surface area contributed by atoms with Crippen molar-refractivity contribution in [3.05, 3.63) is 0 Å². The molecule has 3 nitrogen and oxygen atoms in total. The number of hydrogen-bond donors (Lipinski definition) is 1. The molecule has 0 aromatic rings. The van der Waals surface area contributed by atoms with Crippen LogP contribution in [0.25, 0.3) is 0 Å². The van der Waals surface area contributed by atoms with Crippen molar-refractivity contribution >= 4 is 5.97 Å². The van der Waals surface area contributed by atoms with Crippen molar-refractivity contribution in [1.29, 1.82) is 0 Å². The molecule has 68 valence electrons. The highest BCUT2D eigenvalue weighted by Crippen LogP contribution is 2.50. The summed E-state index contributed by atoms with van der Waals surface area (Å²) in [4.78, 5) is 13.2. The Bertz CT molecular complexity index is 209. The Balaban J connectivity index is 2.11. The molecule has 0 amide bonds. The lowest BCUT2D eigenvalue weighted by Crippen LogP contribution is -2.52. The number of carboxylic acid groups (broad SMARTS) is 1. The molecule has 0 spiro atoms. The van der Waals surface area contributed by atoms with E-state index in [2.05, 4.69) is 11.8 Å². The zero-order valence-electron chi connectivity index (χ0n) is 7.42. The van der Waals surface area contributed by atoms with Gasteiger partial charge >= 0.3 is 5.97 Å². The molecular formula is C9H15NO2. The highest BCUT2D eigenvalue weighted by atomic mass is 16.4. The maximum Gasteiger partial charge on any atom is 0.324 e. The number of hydrogen-bond acceptors (Lipinski definition) is 2. The van der Waals surface area contributed by atoms with Gasteiger partial charge in [0.2, 0.25) is 0 Å². The van der Waals surface area contributed by atoms with Gasteiger partial charge in [-0.2, -0.15) is 0 Å². The fourth-order valence-electron chi connectivity index (χ4n) is 2.65. The second kappa shape index (κ2) is 2.46. The lowest BCUT2D eigenvalue weighted by atomic mass is 9.73. The summed E-state index contributed by atoms with van der Waals surface area (Å²) in [5.41, 5.74) is -0.444. The van der Waals surface area contributed by atoms with E-state index in [-0.39, 0.29) is 0 Å². The monoisotopic (exact) mass is 169 g/mol. The molecule has 3 fully saturated rings. The van der Waals surface area contributed by atoms with Crippen LogP contribution in [0.2, 0.25) is 0 Å². The summed E-state index contributed by atoms with van der Waals surface area (Å²) in [5, 5.41) is 9.07. The molecule has 2 bridgehead atoms. The zero-order valence-corrected chi connectivity index (χ0v) is 7.42. The summed E-state index contributed by atoms with van der Waals surface area (Å²) in [5.74, 6) is 0.0670. The Labute approximate surface area is 72.4 Å². The number of nitrogens with zero attached hydrogens (tertiary/aromatic N) is 1. The summed E-state index contributed by atoms with van der Waals surface area (Å²) in [7, 11) is 0. The normalized spacial score (nSPS) is 39.6. The van der Waals surface area contributed by atoms with E-state index >= 15 is 0 Å². The Kier molecular flexibility index (Phi) is 1.65. The first-order chi connectivity index (χ1) is 5.69. The van der Waals surface area contributed by atoms with E-state index in [9.17, 15) is 4.79 Å². The van der Waals surface area contributed by atoms with Crippen LogP contribution in [-0.2, 0) is 4.79 Å². The molecule has 3 rings (SSSR count). The van der Waals surface area contributed by atoms with Crippen molar-refractivity contribution in [2.75, 3.05) is 13.1 Å². The lowest BCUT2D eigenvalue weighted by molar-refractivity contribution is -0.152. The Morgan fingerprint density at radius 2 is 2.33 bits per heavy atom. The van der Waals surface area contributed by atoms with Gasteiger partial charge in [0.15, 0.2) is 0 Å². The van der Waals surface area contributed by atoms with Crippen LogP contribution >= 0.6 is 0 Å². The summed E-state index contributed by atoms with van der Waals surface area (Å²) in [6.45, 7) is 4.06. The van der Waals surface area contributed by atoms with Crippen molar-refractivity contribution in [3.8, 4) is 0 Å². The van der Waals surface area contributed by atoms with Crippen LogP contribution in [0.15, 0.2) is 0 Å². The molecule has 2 heterocycles. The first kappa shape index (κ1) is 8.05. The third kappa shape index (κ3) is 0.829. The van der Waals surface area contributed by atoms with Gasteiger partial charge in [-0.3, -0.25) is 9.69 Å². The van der Waals surface area contributed by atoms with Crippen molar-refractivity contribution in [2.45, 2.75) is 31.7 Å². The predicted molar refractivity (Wildman–Crippen MR) is 45.0 cm³/mol. The second-order valence-electron chi connectivity index (χ2n) is 4.06. The third-order valence-corrected chi connectivity index (χ3v) is 3.23. The molecule has 2 saturated heterocycles.